The minimum absolute atomic E-state index is 0.00274. The lowest BCUT2D eigenvalue weighted by atomic mass is 9.74. The Bertz CT molecular complexity index is 2120. The van der Waals surface area contributed by atoms with Crippen molar-refractivity contribution in [2.24, 2.45) is 0 Å². The first-order valence-electron chi connectivity index (χ1n) is 11.1. The van der Waals surface area contributed by atoms with Crippen LogP contribution in [0.5, 0.6) is 0 Å². The summed E-state index contributed by atoms with van der Waals surface area (Å²) in [5.41, 5.74) is 4.60. The van der Waals surface area contributed by atoms with Crippen LogP contribution in [0, 0.1) is 0 Å². The number of thiophene rings is 1. The van der Waals surface area contributed by atoms with Crippen LogP contribution < -0.4 is 10.9 Å². The molecule has 33 heavy (non-hydrogen) atoms. The Morgan fingerprint density at radius 1 is 0.667 bits per heavy atom. The van der Waals surface area contributed by atoms with Gasteiger partial charge in [0.05, 0.1) is 21.9 Å². The number of hydrogen-bond donors (Lipinski definition) is 0. The summed E-state index contributed by atoms with van der Waals surface area (Å²) >= 11 is 1.64. The van der Waals surface area contributed by atoms with E-state index in [2.05, 4.69) is 42.5 Å². The monoisotopic (exact) mass is 443 g/mol. The van der Waals surface area contributed by atoms with E-state index >= 15 is 0 Å². The van der Waals surface area contributed by atoms with Crippen molar-refractivity contribution in [3.63, 3.8) is 0 Å². The molecule has 4 heterocycles. The normalized spacial score (nSPS) is 14.8. The first-order valence-corrected chi connectivity index (χ1v) is 11.9. The van der Waals surface area contributed by atoms with E-state index in [-0.39, 0.29) is 16.3 Å². The molecule has 0 N–H and O–H groups in total. The summed E-state index contributed by atoms with van der Waals surface area (Å²) in [5, 5.41) is 4.81. The van der Waals surface area contributed by atoms with Crippen LogP contribution in [0.15, 0.2) is 76.3 Å². The van der Waals surface area contributed by atoms with Crippen LogP contribution in [0.25, 0.3) is 58.3 Å². The van der Waals surface area contributed by atoms with E-state index in [4.69, 9.17) is 0 Å². The largest absolute Gasteiger partial charge is 0.307 e. The number of benzene rings is 4. The van der Waals surface area contributed by atoms with Gasteiger partial charge in [0.15, 0.2) is 10.9 Å². The summed E-state index contributed by atoms with van der Waals surface area (Å²) in [6.45, 7) is 4.37. The Kier molecular flexibility index (Phi) is 2.91. The van der Waals surface area contributed by atoms with Gasteiger partial charge in [-0.05, 0) is 35.4 Å². The van der Waals surface area contributed by atoms with Gasteiger partial charge in [0.25, 0.3) is 0 Å². The topological polar surface area (TPSA) is 38.5 Å². The van der Waals surface area contributed by atoms with Gasteiger partial charge in [-0.3, -0.25) is 9.59 Å². The number of fused-ring (bicyclic) bond motifs is 4. The van der Waals surface area contributed by atoms with Gasteiger partial charge >= 0.3 is 0 Å². The summed E-state index contributed by atoms with van der Waals surface area (Å²) in [7, 11) is 0. The molecule has 0 radical (unpaired) electrons. The van der Waals surface area contributed by atoms with Gasteiger partial charge in [0.1, 0.15) is 0 Å². The highest BCUT2D eigenvalue weighted by Gasteiger charge is 2.35. The molecule has 3 nitrogen and oxygen atoms in total. The molecule has 4 aromatic carbocycles. The lowest BCUT2D eigenvalue weighted by molar-refractivity contribution is 0.642. The van der Waals surface area contributed by atoms with Crippen LogP contribution in [0.2, 0.25) is 0 Å². The van der Waals surface area contributed by atoms with Gasteiger partial charge in [-0.25, -0.2) is 0 Å². The van der Waals surface area contributed by atoms with Gasteiger partial charge in [-0.15, -0.1) is 11.3 Å². The van der Waals surface area contributed by atoms with E-state index in [0.29, 0.717) is 16.2 Å². The van der Waals surface area contributed by atoms with Crippen LogP contribution in [-0.4, -0.2) is 4.40 Å². The van der Waals surface area contributed by atoms with Gasteiger partial charge in [-0.2, -0.15) is 0 Å². The second-order valence-electron chi connectivity index (χ2n) is 9.64. The number of pyridine rings is 2. The third-order valence-electron chi connectivity index (χ3n) is 7.69. The van der Waals surface area contributed by atoms with E-state index in [0.717, 1.165) is 53.2 Å². The maximum Gasteiger partial charge on any atom is 0.198 e. The summed E-state index contributed by atoms with van der Waals surface area (Å²) in [4.78, 5) is 28.0. The highest BCUT2D eigenvalue weighted by molar-refractivity contribution is 7.26. The van der Waals surface area contributed by atoms with Crippen molar-refractivity contribution in [3.8, 4) is 0 Å². The molecule has 0 atom stereocenters. The van der Waals surface area contributed by atoms with Crippen molar-refractivity contribution < 1.29 is 0 Å². The zero-order valence-corrected chi connectivity index (χ0v) is 18.8. The Labute approximate surface area is 191 Å². The number of hydrogen-bond acceptors (Lipinski definition) is 3. The second kappa shape index (κ2) is 5.41. The van der Waals surface area contributed by atoms with Crippen LogP contribution in [-0.2, 0) is 5.41 Å². The third kappa shape index (κ3) is 1.82. The minimum atomic E-state index is -0.315. The van der Waals surface area contributed by atoms with Crippen LogP contribution in [0.1, 0.15) is 25.0 Å². The Hall–Kier alpha value is -3.76. The molecule has 0 fully saturated rings. The first kappa shape index (κ1) is 17.8. The molecule has 0 spiro atoms. The quantitative estimate of drug-likeness (QED) is 0.197. The van der Waals surface area contributed by atoms with Gasteiger partial charge in [0, 0.05) is 41.7 Å². The number of aromatic nitrogens is 1. The Balaban J connectivity index is 1.87. The molecule has 8 rings (SSSR count). The van der Waals surface area contributed by atoms with Gasteiger partial charge in [-0.1, -0.05) is 56.3 Å². The second-order valence-corrected chi connectivity index (χ2v) is 10.7. The molecular formula is C29H17NO2S. The molecule has 7 aromatic rings. The Morgan fingerprint density at radius 2 is 1.30 bits per heavy atom. The van der Waals surface area contributed by atoms with Gasteiger partial charge in [0.2, 0.25) is 0 Å². The molecule has 0 saturated heterocycles. The highest BCUT2D eigenvalue weighted by Crippen LogP contribution is 2.46. The van der Waals surface area contributed by atoms with Crippen LogP contribution in [0.4, 0.5) is 0 Å². The summed E-state index contributed by atoms with van der Waals surface area (Å²) in [6, 6.07) is 22.3. The van der Waals surface area contributed by atoms with E-state index in [1.54, 1.807) is 11.3 Å². The predicted octanol–water partition coefficient (Wildman–Crippen LogP) is 6.56. The molecule has 1 aliphatic heterocycles. The fraction of sp³-hybridized carbons (Fsp3) is 0.103. The molecular weight excluding hydrogens is 426 g/mol. The average Bonchev–Trinajstić information content (AvgIpc) is 3.20. The highest BCUT2D eigenvalue weighted by atomic mass is 32.1. The van der Waals surface area contributed by atoms with Crippen LogP contribution in [0.3, 0.4) is 0 Å². The van der Waals surface area contributed by atoms with E-state index < -0.39 is 0 Å². The third-order valence-corrected chi connectivity index (χ3v) is 8.90. The van der Waals surface area contributed by atoms with Crippen molar-refractivity contribution in [1.29, 1.82) is 0 Å². The fourth-order valence-corrected chi connectivity index (χ4v) is 7.39. The molecule has 0 amide bonds. The number of para-hydroxylation sites is 2. The molecule has 4 heteroatoms. The molecule has 1 aliphatic rings. The minimum Gasteiger partial charge on any atom is -0.307 e. The lowest BCUT2D eigenvalue weighted by Crippen LogP contribution is -2.28. The van der Waals surface area contributed by atoms with Crippen LogP contribution >= 0.6 is 11.3 Å². The van der Waals surface area contributed by atoms with Crippen molar-refractivity contribution in [2.45, 2.75) is 19.3 Å². The molecule has 3 aromatic heterocycles. The summed E-state index contributed by atoms with van der Waals surface area (Å²) in [5.74, 6) is 0. The zero-order valence-electron chi connectivity index (χ0n) is 18.0. The first-order chi connectivity index (χ1) is 16.0. The van der Waals surface area contributed by atoms with Crippen molar-refractivity contribution in [3.05, 3.63) is 98.3 Å². The maximum atomic E-state index is 14.1. The number of rotatable bonds is 0. The Morgan fingerprint density at radius 3 is 2.03 bits per heavy atom. The van der Waals surface area contributed by atoms with E-state index in [9.17, 15) is 9.59 Å². The maximum absolute atomic E-state index is 14.1. The average molecular weight is 444 g/mol. The lowest BCUT2D eigenvalue weighted by Gasteiger charge is -2.34. The molecule has 0 bridgehead atoms. The molecule has 0 aliphatic carbocycles. The smallest absolute Gasteiger partial charge is 0.198 e. The zero-order chi connectivity index (χ0) is 22.2. The number of nitrogens with zero attached hydrogens (tertiary/aromatic N) is 1. The van der Waals surface area contributed by atoms with Crippen molar-refractivity contribution >= 4 is 69.6 Å². The van der Waals surface area contributed by atoms with Crippen molar-refractivity contribution in [2.75, 3.05) is 0 Å². The summed E-state index contributed by atoms with van der Waals surface area (Å²) in [6.07, 6.45) is 0. The SMILES string of the molecule is CC1(C)c2cccc3c(=O)c4cc5c6ccccc6sc5c5c(=O)c6cccc1c6n(c23)c45. The fourth-order valence-electron chi connectivity index (χ4n) is 6.17. The molecule has 0 unspecified atom stereocenters. The molecule has 0 saturated carbocycles. The predicted molar refractivity (Wildman–Crippen MR) is 139 cm³/mol. The van der Waals surface area contributed by atoms with Gasteiger partial charge < -0.3 is 4.40 Å². The van der Waals surface area contributed by atoms with Crippen molar-refractivity contribution in [1.82, 2.24) is 4.40 Å². The summed E-state index contributed by atoms with van der Waals surface area (Å²) < 4.78 is 4.32. The van der Waals surface area contributed by atoms with E-state index in [1.165, 1.54) is 0 Å². The molecule has 156 valence electrons. The van der Waals surface area contributed by atoms with E-state index in [1.807, 2.05) is 42.5 Å². The standard InChI is InChI=1S/C29H17NO2S/c1-29(2)19-10-5-8-15-23(19)30-24-16(9-6-11-20(24)29)27(32)22-25(30)18(26(15)31)13-17-14-7-3-4-12-21(14)33-28(17)22/h3-13H,1-2H3.